The normalized spacial score (nSPS) is 12.6. The van der Waals surface area contributed by atoms with Gasteiger partial charge >= 0.3 is 0 Å². The molecule has 0 radical (unpaired) electrons. The molecule has 0 spiro atoms. The van der Waals surface area contributed by atoms with Gasteiger partial charge in [0.1, 0.15) is 5.69 Å². The lowest BCUT2D eigenvalue weighted by Crippen LogP contribution is -2.22. The first-order valence-electron chi connectivity index (χ1n) is 12.5. The number of hydrogen-bond donors (Lipinski definition) is 1. The average Bonchev–Trinajstić information content (AvgIpc) is 2.92. The summed E-state index contributed by atoms with van der Waals surface area (Å²) in [7, 11) is 0. The van der Waals surface area contributed by atoms with Crippen molar-refractivity contribution in [2.45, 2.75) is 45.4 Å². The second kappa shape index (κ2) is 15.7. The second-order valence-electron chi connectivity index (χ2n) is 8.29. The van der Waals surface area contributed by atoms with E-state index in [9.17, 15) is 4.79 Å². The van der Waals surface area contributed by atoms with E-state index in [0.29, 0.717) is 34.3 Å². The molecular formula is C32H37N3O2. The molecule has 5 heteroatoms. The topological polar surface area (TPSA) is 64.1 Å². The number of hydrogen-bond acceptors (Lipinski definition) is 4. The van der Waals surface area contributed by atoms with E-state index < -0.39 is 0 Å². The zero-order chi connectivity index (χ0) is 27.0. The van der Waals surface area contributed by atoms with Crippen LogP contribution in [0.25, 0.3) is 17.9 Å². The monoisotopic (exact) mass is 495 g/mol. The van der Waals surface area contributed by atoms with E-state index in [1.54, 1.807) is 42.6 Å². The van der Waals surface area contributed by atoms with Crippen LogP contribution in [0.15, 0.2) is 99.1 Å². The molecule has 2 rings (SSSR count). The summed E-state index contributed by atoms with van der Waals surface area (Å²) in [6.07, 6.45) is 19.7. The van der Waals surface area contributed by atoms with E-state index in [-0.39, 0.29) is 5.91 Å². The van der Waals surface area contributed by atoms with Crippen LogP contribution in [-0.2, 0) is 4.74 Å². The molecule has 0 aliphatic rings. The molecule has 0 aliphatic heterocycles. The van der Waals surface area contributed by atoms with E-state index in [1.807, 2.05) is 25.1 Å². The molecule has 37 heavy (non-hydrogen) atoms. The maximum Gasteiger partial charge on any atom is 0.255 e. The van der Waals surface area contributed by atoms with Gasteiger partial charge in [-0.1, -0.05) is 70.0 Å². The molecule has 0 saturated carbocycles. The highest BCUT2D eigenvalue weighted by atomic mass is 16.5. The summed E-state index contributed by atoms with van der Waals surface area (Å²) in [6.45, 7) is 19.3. The fourth-order valence-electron chi connectivity index (χ4n) is 3.86. The summed E-state index contributed by atoms with van der Waals surface area (Å²) < 4.78 is 5.47. The number of pyridine rings is 2. The maximum atomic E-state index is 13.2. The average molecular weight is 496 g/mol. The van der Waals surface area contributed by atoms with Gasteiger partial charge in [0, 0.05) is 29.1 Å². The van der Waals surface area contributed by atoms with Gasteiger partial charge in [-0.15, -0.1) is 0 Å². The van der Waals surface area contributed by atoms with Crippen molar-refractivity contribution in [2.75, 3.05) is 0 Å². The van der Waals surface area contributed by atoms with Gasteiger partial charge in [0.15, 0.2) is 5.76 Å². The van der Waals surface area contributed by atoms with Gasteiger partial charge in [0.05, 0.1) is 12.0 Å². The number of carbonyl (C=O) groups is 1. The summed E-state index contributed by atoms with van der Waals surface area (Å²) >= 11 is 0. The van der Waals surface area contributed by atoms with Crippen molar-refractivity contribution in [2.24, 2.45) is 0 Å². The van der Waals surface area contributed by atoms with Crippen molar-refractivity contribution in [3.8, 4) is 0 Å². The summed E-state index contributed by atoms with van der Waals surface area (Å²) in [4.78, 5) is 22.4. The SMILES string of the molecule is C=C/C=C(\OC=C)c1ccc(C=C)c(/C=C(\C=C)NC(=O)c2ccnc(C(CCC)CC/C=C\C)c2)n1. The Morgan fingerprint density at radius 2 is 1.97 bits per heavy atom. The highest BCUT2D eigenvalue weighted by Crippen LogP contribution is 2.26. The summed E-state index contributed by atoms with van der Waals surface area (Å²) in [6, 6.07) is 7.31. The zero-order valence-corrected chi connectivity index (χ0v) is 22.0. The minimum atomic E-state index is -0.239. The van der Waals surface area contributed by atoms with Crippen molar-refractivity contribution in [1.82, 2.24) is 15.3 Å². The molecule has 0 fully saturated rings. The molecule has 1 amide bonds. The Balaban J connectivity index is 2.35. The molecule has 0 saturated heterocycles. The molecule has 5 nitrogen and oxygen atoms in total. The first-order chi connectivity index (χ1) is 18.0. The van der Waals surface area contributed by atoms with Gasteiger partial charge in [-0.25, -0.2) is 4.98 Å². The van der Waals surface area contributed by atoms with Crippen LogP contribution in [0, 0.1) is 0 Å². The third-order valence-electron chi connectivity index (χ3n) is 5.70. The molecule has 2 aromatic heterocycles. The molecule has 0 aromatic carbocycles. The number of ether oxygens (including phenoxy) is 1. The number of allylic oxidation sites excluding steroid dienone is 5. The fraction of sp³-hybridized carbons (Fsp3) is 0.219. The Bertz CT molecular complexity index is 1200. The lowest BCUT2D eigenvalue weighted by molar-refractivity contribution is 0.0967. The quantitative estimate of drug-likeness (QED) is 0.154. The van der Waals surface area contributed by atoms with Gasteiger partial charge in [-0.3, -0.25) is 9.78 Å². The van der Waals surface area contributed by atoms with Crippen molar-refractivity contribution < 1.29 is 9.53 Å². The Labute approximate surface area is 221 Å². The molecule has 1 N–H and O–H groups in total. The summed E-state index contributed by atoms with van der Waals surface area (Å²) in [5.41, 5.74) is 3.98. The lowest BCUT2D eigenvalue weighted by Gasteiger charge is -2.16. The van der Waals surface area contributed by atoms with Crippen molar-refractivity contribution in [3.63, 3.8) is 0 Å². The minimum Gasteiger partial charge on any atom is -0.463 e. The number of aromatic nitrogens is 2. The zero-order valence-electron chi connectivity index (χ0n) is 22.0. The molecule has 1 atom stereocenters. The van der Waals surface area contributed by atoms with Crippen LogP contribution in [0.3, 0.4) is 0 Å². The predicted octanol–water partition coefficient (Wildman–Crippen LogP) is 8.00. The minimum absolute atomic E-state index is 0.239. The molecule has 1 unspecified atom stereocenters. The number of carbonyl (C=O) groups excluding carboxylic acids is 1. The van der Waals surface area contributed by atoms with E-state index in [4.69, 9.17) is 9.72 Å². The Kier molecular flexibility index (Phi) is 12.3. The number of rotatable bonds is 15. The van der Waals surface area contributed by atoms with Crippen molar-refractivity contribution >= 4 is 23.8 Å². The van der Waals surface area contributed by atoms with Crippen LogP contribution in [0.1, 0.15) is 78.5 Å². The van der Waals surface area contributed by atoms with Gasteiger partial charge in [0.25, 0.3) is 5.91 Å². The number of amides is 1. The largest absolute Gasteiger partial charge is 0.463 e. The van der Waals surface area contributed by atoms with Gasteiger partial charge in [-0.2, -0.15) is 0 Å². The van der Waals surface area contributed by atoms with Crippen LogP contribution in [0.5, 0.6) is 0 Å². The summed E-state index contributed by atoms with van der Waals surface area (Å²) in [5, 5.41) is 2.94. The fourth-order valence-corrected chi connectivity index (χ4v) is 3.86. The van der Waals surface area contributed by atoms with E-state index >= 15 is 0 Å². The Hall–Kier alpha value is -4.25. The maximum absolute atomic E-state index is 13.2. The Morgan fingerprint density at radius 1 is 1.16 bits per heavy atom. The van der Waals surface area contributed by atoms with Crippen LogP contribution in [0.2, 0.25) is 0 Å². The van der Waals surface area contributed by atoms with Gasteiger partial charge < -0.3 is 10.1 Å². The smallest absolute Gasteiger partial charge is 0.255 e. The highest BCUT2D eigenvalue weighted by Gasteiger charge is 2.15. The molecule has 2 heterocycles. The number of nitrogens with zero attached hydrogens (tertiary/aromatic N) is 2. The molecule has 2 aromatic rings. The first-order valence-corrected chi connectivity index (χ1v) is 12.5. The Morgan fingerprint density at radius 3 is 2.62 bits per heavy atom. The molecule has 0 bridgehead atoms. The number of nitrogens with one attached hydrogen (secondary N) is 1. The van der Waals surface area contributed by atoms with E-state index in [1.165, 1.54) is 6.26 Å². The second-order valence-corrected chi connectivity index (χ2v) is 8.29. The molecular weight excluding hydrogens is 458 g/mol. The van der Waals surface area contributed by atoms with Crippen LogP contribution >= 0.6 is 0 Å². The van der Waals surface area contributed by atoms with Gasteiger partial charge in [-0.05, 0) is 68.2 Å². The molecule has 192 valence electrons. The third-order valence-corrected chi connectivity index (χ3v) is 5.70. The molecule has 0 aliphatic carbocycles. The van der Waals surface area contributed by atoms with Gasteiger partial charge in [0.2, 0.25) is 0 Å². The lowest BCUT2D eigenvalue weighted by atomic mass is 9.93. The standard InChI is InChI=1S/C32H37N3O2/c1-7-13-14-17-25(15-8-2)29-22-26(20-21-33-29)32(36)34-27(11-5)23-30-24(10-4)18-19-28(35-30)31(16-9-3)37-12-6/h7,9-13,16,18-23,25H,3-6,8,14-15,17H2,1-2H3,(H,34,36)/b13-7-,27-23+,31-16-. The first kappa shape index (κ1) is 29.0. The third kappa shape index (κ3) is 8.73. The van der Waals surface area contributed by atoms with Crippen molar-refractivity contribution in [1.29, 1.82) is 0 Å². The van der Waals surface area contributed by atoms with Crippen LogP contribution < -0.4 is 5.32 Å². The van der Waals surface area contributed by atoms with Crippen molar-refractivity contribution in [3.05, 3.63) is 127 Å². The predicted molar refractivity (Wildman–Crippen MR) is 155 cm³/mol. The van der Waals surface area contributed by atoms with E-state index in [2.05, 4.69) is 55.7 Å². The highest BCUT2D eigenvalue weighted by molar-refractivity contribution is 5.96. The van der Waals surface area contributed by atoms with Crippen LogP contribution in [0.4, 0.5) is 0 Å². The van der Waals surface area contributed by atoms with E-state index in [0.717, 1.165) is 36.9 Å². The summed E-state index contributed by atoms with van der Waals surface area (Å²) in [5.74, 6) is 0.568. The van der Waals surface area contributed by atoms with Crippen LogP contribution in [-0.4, -0.2) is 15.9 Å².